The van der Waals surface area contributed by atoms with Crippen molar-refractivity contribution in [3.05, 3.63) is 89.7 Å². The van der Waals surface area contributed by atoms with E-state index in [0.29, 0.717) is 23.1 Å². The Morgan fingerprint density at radius 1 is 0.971 bits per heavy atom. The predicted molar refractivity (Wildman–Crippen MR) is 134 cm³/mol. The van der Waals surface area contributed by atoms with Gasteiger partial charge in [-0.15, -0.1) is 0 Å². The molecule has 0 saturated carbocycles. The maximum absolute atomic E-state index is 12.5. The number of unbranched alkanes of at least 4 members (excludes halogenated alkanes) is 1. The van der Waals surface area contributed by atoms with E-state index >= 15 is 0 Å². The minimum atomic E-state index is -0.265. The summed E-state index contributed by atoms with van der Waals surface area (Å²) in [7, 11) is 0. The Morgan fingerprint density at radius 2 is 1.71 bits per heavy atom. The summed E-state index contributed by atoms with van der Waals surface area (Å²) in [5.74, 6) is 1.99. The smallest absolute Gasteiger partial charge is 0.258 e. The zero-order chi connectivity index (χ0) is 23.8. The summed E-state index contributed by atoms with van der Waals surface area (Å²) in [6.07, 6.45) is 1.76. The monoisotopic (exact) mass is 477 g/mol. The zero-order valence-electron chi connectivity index (χ0n) is 19.1. The van der Waals surface area contributed by atoms with Crippen LogP contribution in [0.3, 0.4) is 0 Å². The van der Waals surface area contributed by atoms with Gasteiger partial charge in [-0.1, -0.05) is 54.1 Å². The van der Waals surface area contributed by atoms with Gasteiger partial charge in [0.15, 0.2) is 6.61 Å². The number of para-hydroxylation sites is 4. The Kier molecular flexibility index (Phi) is 8.04. The molecule has 0 saturated heterocycles. The van der Waals surface area contributed by atoms with Gasteiger partial charge in [0.05, 0.1) is 28.7 Å². The number of aryl methyl sites for hydroxylation is 1. The molecule has 176 valence electrons. The van der Waals surface area contributed by atoms with E-state index in [9.17, 15) is 4.79 Å². The third kappa shape index (κ3) is 6.08. The molecule has 1 amide bonds. The first-order valence-corrected chi connectivity index (χ1v) is 11.8. The summed E-state index contributed by atoms with van der Waals surface area (Å²) in [6, 6.07) is 24.5. The SMILES string of the molecule is CC(NC(=O)COc1ccccc1)c1nc2ccccc2n1CCCCOc1ccccc1Cl. The molecule has 1 aromatic heterocycles. The number of hydrogen-bond donors (Lipinski definition) is 1. The van der Waals surface area contributed by atoms with E-state index in [-0.39, 0.29) is 18.6 Å². The molecule has 0 spiro atoms. The maximum atomic E-state index is 12.5. The van der Waals surface area contributed by atoms with Crippen LogP contribution >= 0.6 is 11.6 Å². The fourth-order valence-electron chi connectivity index (χ4n) is 3.79. The van der Waals surface area contributed by atoms with Crippen molar-refractivity contribution in [2.24, 2.45) is 0 Å². The van der Waals surface area contributed by atoms with E-state index in [1.165, 1.54) is 0 Å². The number of fused-ring (bicyclic) bond motifs is 1. The number of amides is 1. The lowest BCUT2D eigenvalue weighted by Gasteiger charge is -2.17. The highest BCUT2D eigenvalue weighted by Crippen LogP contribution is 2.24. The van der Waals surface area contributed by atoms with Crippen LogP contribution in [-0.2, 0) is 11.3 Å². The predicted octanol–water partition coefficient (Wildman–Crippen LogP) is 5.81. The largest absolute Gasteiger partial charge is 0.492 e. The van der Waals surface area contributed by atoms with Crippen molar-refractivity contribution < 1.29 is 14.3 Å². The third-order valence-electron chi connectivity index (χ3n) is 5.43. The van der Waals surface area contributed by atoms with E-state index in [1.54, 1.807) is 0 Å². The highest BCUT2D eigenvalue weighted by atomic mass is 35.5. The lowest BCUT2D eigenvalue weighted by molar-refractivity contribution is -0.123. The molecular weight excluding hydrogens is 450 g/mol. The summed E-state index contributed by atoms with van der Waals surface area (Å²) in [4.78, 5) is 17.3. The number of hydrogen-bond acceptors (Lipinski definition) is 4. The first-order chi connectivity index (χ1) is 16.6. The van der Waals surface area contributed by atoms with Crippen molar-refractivity contribution in [3.63, 3.8) is 0 Å². The number of carbonyl (C=O) groups excluding carboxylic acids is 1. The van der Waals surface area contributed by atoms with Gasteiger partial charge in [-0.2, -0.15) is 0 Å². The van der Waals surface area contributed by atoms with Gasteiger partial charge in [0.2, 0.25) is 0 Å². The average molecular weight is 478 g/mol. The summed E-state index contributed by atoms with van der Waals surface area (Å²) >= 11 is 6.16. The topological polar surface area (TPSA) is 65.4 Å². The zero-order valence-corrected chi connectivity index (χ0v) is 19.9. The van der Waals surface area contributed by atoms with Crippen molar-refractivity contribution in [1.82, 2.24) is 14.9 Å². The lowest BCUT2D eigenvalue weighted by atomic mass is 10.2. The molecule has 34 heavy (non-hydrogen) atoms. The van der Waals surface area contributed by atoms with Gasteiger partial charge >= 0.3 is 0 Å². The molecule has 1 heterocycles. The van der Waals surface area contributed by atoms with Crippen LogP contribution in [0.25, 0.3) is 11.0 Å². The Morgan fingerprint density at radius 3 is 2.53 bits per heavy atom. The quantitative estimate of drug-likeness (QED) is 0.277. The van der Waals surface area contributed by atoms with E-state index in [2.05, 4.69) is 16.0 Å². The van der Waals surface area contributed by atoms with Crippen LogP contribution < -0.4 is 14.8 Å². The van der Waals surface area contributed by atoms with Crippen molar-refractivity contribution in [3.8, 4) is 11.5 Å². The van der Waals surface area contributed by atoms with Gasteiger partial charge < -0.3 is 19.4 Å². The minimum Gasteiger partial charge on any atom is -0.492 e. The van der Waals surface area contributed by atoms with Crippen LogP contribution in [0, 0.1) is 0 Å². The van der Waals surface area contributed by atoms with E-state index in [4.69, 9.17) is 26.1 Å². The summed E-state index contributed by atoms with van der Waals surface area (Å²) in [5.41, 5.74) is 1.96. The molecule has 7 heteroatoms. The molecule has 1 unspecified atom stereocenters. The summed E-state index contributed by atoms with van der Waals surface area (Å²) in [5, 5.41) is 3.63. The van der Waals surface area contributed by atoms with Gasteiger partial charge in [0.25, 0.3) is 5.91 Å². The van der Waals surface area contributed by atoms with Crippen LogP contribution in [0.15, 0.2) is 78.9 Å². The molecule has 4 aromatic rings. The molecule has 0 aliphatic rings. The highest BCUT2D eigenvalue weighted by Gasteiger charge is 2.18. The fourth-order valence-corrected chi connectivity index (χ4v) is 3.98. The normalized spacial score (nSPS) is 11.8. The van der Waals surface area contributed by atoms with Gasteiger partial charge in [0.1, 0.15) is 17.3 Å². The van der Waals surface area contributed by atoms with E-state index in [1.807, 2.05) is 79.7 Å². The molecule has 6 nitrogen and oxygen atoms in total. The molecule has 0 bridgehead atoms. The number of carbonyl (C=O) groups is 1. The van der Waals surface area contributed by atoms with Crippen LogP contribution in [0.2, 0.25) is 5.02 Å². The Bertz CT molecular complexity index is 1230. The molecule has 0 radical (unpaired) electrons. The Hall–Kier alpha value is -3.51. The van der Waals surface area contributed by atoms with Crippen LogP contribution in [0.5, 0.6) is 11.5 Å². The van der Waals surface area contributed by atoms with Crippen molar-refractivity contribution in [1.29, 1.82) is 0 Å². The second-order valence-electron chi connectivity index (χ2n) is 7.99. The summed E-state index contributed by atoms with van der Waals surface area (Å²) < 4.78 is 13.6. The average Bonchev–Trinajstić information content (AvgIpc) is 3.23. The van der Waals surface area contributed by atoms with Crippen molar-refractivity contribution in [2.45, 2.75) is 32.4 Å². The fraction of sp³-hybridized carbons (Fsp3) is 0.259. The summed E-state index contributed by atoms with van der Waals surface area (Å²) in [6.45, 7) is 3.24. The van der Waals surface area contributed by atoms with E-state index < -0.39 is 0 Å². The number of imidazole rings is 1. The van der Waals surface area contributed by atoms with Gasteiger partial charge in [-0.25, -0.2) is 4.98 Å². The van der Waals surface area contributed by atoms with Gasteiger partial charge in [-0.3, -0.25) is 4.79 Å². The van der Waals surface area contributed by atoms with Gasteiger partial charge in [0, 0.05) is 6.54 Å². The van der Waals surface area contributed by atoms with E-state index in [0.717, 1.165) is 36.2 Å². The molecule has 3 aromatic carbocycles. The first kappa shape index (κ1) is 23.6. The second kappa shape index (κ2) is 11.6. The van der Waals surface area contributed by atoms with Gasteiger partial charge in [-0.05, 0) is 56.2 Å². The molecule has 4 rings (SSSR count). The molecule has 0 fully saturated rings. The standard InChI is InChI=1S/C27H28ClN3O3/c1-20(29-26(32)19-34-21-11-3-2-4-12-21)27-30-23-14-6-7-15-24(23)31(27)17-9-10-18-33-25-16-8-5-13-22(25)28/h2-8,11-16,20H,9-10,17-19H2,1H3,(H,29,32). The first-order valence-electron chi connectivity index (χ1n) is 11.4. The van der Waals surface area contributed by atoms with Crippen molar-refractivity contribution in [2.75, 3.05) is 13.2 Å². The maximum Gasteiger partial charge on any atom is 0.258 e. The number of rotatable bonds is 11. The number of nitrogens with one attached hydrogen (secondary N) is 1. The molecular formula is C27H28ClN3O3. The molecule has 0 aliphatic carbocycles. The second-order valence-corrected chi connectivity index (χ2v) is 8.39. The number of benzene rings is 3. The lowest BCUT2D eigenvalue weighted by Crippen LogP contribution is -2.32. The number of aromatic nitrogens is 2. The number of nitrogens with zero attached hydrogens (tertiary/aromatic N) is 2. The minimum absolute atomic E-state index is 0.0477. The Balaban J connectivity index is 1.36. The molecule has 1 N–H and O–H groups in total. The molecule has 1 atom stereocenters. The van der Waals surface area contributed by atoms with Crippen molar-refractivity contribution >= 4 is 28.5 Å². The number of halogens is 1. The van der Waals surface area contributed by atoms with Crippen LogP contribution in [0.1, 0.15) is 31.6 Å². The van der Waals surface area contributed by atoms with Crippen LogP contribution in [-0.4, -0.2) is 28.7 Å². The molecule has 0 aliphatic heterocycles. The Labute approximate surface area is 204 Å². The third-order valence-corrected chi connectivity index (χ3v) is 5.74. The number of ether oxygens (including phenoxy) is 2. The highest BCUT2D eigenvalue weighted by molar-refractivity contribution is 6.32. The van der Waals surface area contributed by atoms with Crippen LogP contribution in [0.4, 0.5) is 0 Å².